The van der Waals surface area contributed by atoms with Gasteiger partial charge in [-0.1, -0.05) is 6.07 Å². The van der Waals surface area contributed by atoms with Crippen molar-refractivity contribution >= 4 is 17.6 Å². The fraction of sp³-hybridized carbons (Fsp3) is 0.214. The first-order valence-electron chi connectivity index (χ1n) is 6.20. The largest absolute Gasteiger partial charge is 0.481 e. The number of aromatic amines is 1. The fourth-order valence-electron chi connectivity index (χ4n) is 2.39. The second kappa shape index (κ2) is 4.48. The molecule has 0 spiro atoms. The normalized spacial score (nSPS) is 13.7. The molecule has 2 aromatic rings. The number of amides is 1. The Hall–Kier alpha value is -2.63. The molecule has 0 aliphatic carbocycles. The highest BCUT2D eigenvalue weighted by Crippen LogP contribution is 2.31. The average molecular weight is 271 g/mol. The van der Waals surface area contributed by atoms with Crippen molar-refractivity contribution in [3.63, 3.8) is 0 Å². The van der Waals surface area contributed by atoms with Crippen LogP contribution >= 0.6 is 0 Å². The smallest absolute Gasteiger partial charge is 0.309 e. The van der Waals surface area contributed by atoms with E-state index in [-0.39, 0.29) is 12.3 Å². The first-order valence-corrected chi connectivity index (χ1v) is 6.20. The number of hydrogen-bond donors (Lipinski definition) is 2. The molecule has 102 valence electrons. The van der Waals surface area contributed by atoms with Gasteiger partial charge >= 0.3 is 5.97 Å². The summed E-state index contributed by atoms with van der Waals surface area (Å²) >= 11 is 0. The van der Waals surface area contributed by atoms with Crippen LogP contribution in [0.25, 0.3) is 11.3 Å². The summed E-state index contributed by atoms with van der Waals surface area (Å²) in [5.74, 6) is -0.827. The predicted octanol–water partition coefficient (Wildman–Crippen LogP) is 1.22. The second-order valence-corrected chi connectivity index (χ2v) is 4.82. The summed E-state index contributed by atoms with van der Waals surface area (Å²) < 4.78 is 0. The first kappa shape index (κ1) is 12.4. The van der Waals surface area contributed by atoms with Crippen molar-refractivity contribution < 1.29 is 14.7 Å². The molecule has 6 heteroatoms. The molecular formula is C14H13N3O3. The van der Waals surface area contributed by atoms with E-state index in [1.54, 1.807) is 18.0 Å². The van der Waals surface area contributed by atoms with Crippen LogP contribution in [0.15, 0.2) is 24.3 Å². The zero-order valence-electron chi connectivity index (χ0n) is 10.9. The van der Waals surface area contributed by atoms with Gasteiger partial charge in [-0.15, -0.1) is 0 Å². The number of anilines is 1. The maximum atomic E-state index is 11.6. The SMILES string of the molecule is CN1C(=O)Cc2cc(-c3cc(CC(=O)O)[nH]n3)ccc21. The molecule has 0 bridgehead atoms. The Morgan fingerprint density at radius 1 is 1.45 bits per heavy atom. The number of rotatable bonds is 3. The van der Waals surface area contributed by atoms with Crippen molar-refractivity contribution in [2.75, 3.05) is 11.9 Å². The summed E-state index contributed by atoms with van der Waals surface area (Å²) in [5.41, 5.74) is 4.00. The number of hydrogen-bond acceptors (Lipinski definition) is 3. The summed E-state index contributed by atoms with van der Waals surface area (Å²) in [5, 5.41) is 15.6. The van der Waals surface area contributed by atoms with E-state index >= 15 is 0 Å². The molecular weight excluding hydrogens is 258 g/mol. The molecule has 6 nitrogen and oxygen atoms in total. The molecule has 0 unspecified atom stereocenters. The topological polar surface area (TPSA) is 86.3 Å². The number of nitrogens with zero attached hydrogens (tertiary/aromatic N) is 2. The number of carboxylic acid groups (broad SMARTS) is 1. The molecule has 20 heavy (non-hydrogen) atoms. The molecule has 1 aliphatic rings. The van der Waals surface area contributed by atoms with Crippen molar-refractivity contribution in [1.29, 1.82) is 0 Å². The highest BCUT2D eigenvalue weighted by atomic mass is 16.4. The van der Waals surface area contributed by atoms with Crippen molar-refractivity contribution in [2.24, 2.45) is 0 Å². The summed E-state index contributed by atoms with van der Waals surface area (Å²) in [6, 6.07) is 7.42. The van der Waals surface area contributed by atoms with E-state index in [1.165, 1.54) is 0 Å². The van der Waals surface area contributed by atoms with Gasteiger partial charge in [0.2, 0.25) is 5.91 Å². The highest BCUT2D eigenvalue weighted by molar-refractivity contribution is 6.01. The fourth-order valence-corrected chi connectivity index (χ4v) is 2.39. The maximum Gasteiger partial charge on any atom is 0.309 e. The zero-order valence-corrected chi connectivity index (χ0v) is 10.9. The number of aromatic nitrogens is 2. The molecule has 1 aromatic heterocycles. The molecule has 2 heterocycles. The van der Waals surface area contributed by atoms with Gasteiger partial charge in [0.1, 0.15) is 0 Å². The number of carbonyl (C=O) groups excluding carboxylic acids is 1. The van der Waals surface area contributed by atoms with E-state index in [4.69, 9.17) is 5.11 Å². The van der Waals surface area contributed by atoms with E-state index < -0.39 is 5.97 Å². The summed E-state index contributed by atoms with van der Waals surface area (Å²) in [6.07, 6.45) is 0.311. The number of fused-ring (bicyclic) bond motifs is 1. The van der Waals surface area contributed by atoms with Gasteiger partial charge in [0.15, 0.2) is 0 Å². The Balaban J connectivity index is 1.92. The third-order valence-electron chi connectivity index (χ3n) is 3.42. The molecule has 0 saturated heterocycles. The minimum Gasteiger partial charge on any atom is -0.481 e. The van der Waals surface area contributed by atoms with Gasteiger partial charge < -0.3 is 10.0 Å². The van der Waals surface area contributed by atoms with Gasteiger partial charge in [-0.3, -0.25) is 14.7 Å². The number of carboxylic acids is 1. The van der Waals surface area contributed by atoms with Crippen LogP contribution in [-0.2, 0) is 22.4 Å². The van der Waals surface area contributed by atoms with Crippen LogP contribution in [0.1, 0.15) is 11.3 Å². The molecule has 0 saturated carbocycles. The molecule has 0 fully saturated rings. The molecule has 2 N–H and O–H groups in total. The number of likely N-dealkylation sites (N-methyl/N-ethyl adjacent to an activating group) is 1. The molecule has 1 aliphatic heterocycles. The highest BCUT2D eigenvalue weighted by Gasteiger charge is 2.24. The molecule has 0 radical (unpaired) electrons. The average Bonchev–Trinajstić information content (AvgIpc) is 2.95. The van der Waals surface area contributed by atoms with Gasteiger partial charge in [0, 0.05) is 24.0 Å². The third kappa shape index (κ3) is 2.05. The van der Waals surface area contributed by atoms with Gasteiger partial charge in [-0.25, -0.2) is 0 Å². The second-order valence-electron chi connectivity index (χ2n) is 4.82. The Labute approximate surface area is 115 Å². The minimum atomic E-state index is -0.902. The Bertz CT molecular complexity index is 705. The van der Waals surface area contributed by atoms with E-state index in [0.29, 0.717) is 17.8 Å². The zero-order chi connectivity index (χ0) is 14.3. The molecule has 1 aromatic carbocycles. The molecule has 1 amide bonds. The van der Waals surface area contributed by atoms with Crippen LogP contribution in [-0.4, -0.2) is 34.2 Å². The Morgan fingerprint density at radius 2 is 2.25 bits per heavy atom. The lowest BCUT2D eigenvalue weighted by Crippen LogP contribution is -2.20. The lowest BCUT2D eigenvalue weighted by Gasteiger charge is -2.09. The van der Waals surface area contributed by atoms with E-state index in [2.05, 4.69) is 10.2 Å². The lowest BCUT2D eigenvalue weighted by molar-refractivity contribution is -0.136. The van der Waals surface area contributed by atoms with Crippen LogP contribution in [0.4, 0.5) is 5.69 Å². The quantitative estimate of drug-likeness (QED) is 0.878. The monoisotopic (exact) mass is 271 g/mol. The van der Waals surface area contributed by atoms with E-state index in [0.717, 1.165) is 16.8 Å². The number of H-pyrrole nitrogens is 1. The predicted molar refractivity (Wildman–Crippen MR) is 72.5 cm³/mol. The maximum absolute atomic E-state index is 11.6. The van der Waals surface area contributed by atoms with Crippen molar-refractivity contribution in [3.8, 4) is 11.3 Å². The number of aliphatic carboxylic acids is 1. The van der Waals surface area contributed by atoms with Gasteiger partial charge in [-0.05, 0) is 23.8 Å². The van der Waals surface area contributed by atoms with E-state index in [9.17, 15) is 9.59 Å². The van der Waals surface area contributed by atoms with Crippen LogP contribution < -0.4 is 4.90 Å². The van der Waals surface area contributed by atoms with Crippen LogP contribution in [0.5, 0.6) is 0 Å². The summed E-state index contributed by atoms with van der Waals surface area (Å²) in [7, 11) is 1.76. The Kier molecular flexibility index (Phi) is 2.78. The van der Waals surface area contributed by atoms with Gasteiger partial charge in [0.05, 0.1) is 18.5 Å². The third-order valence-corrected chi connectivity index (χ3v) is 3.42. The van der Waals surface area contributed by atoms with Crippen molar-refractivity contribution in [2.45, 2.75) is 12.8 Å². The van der Waals surface area contributed by atoms with E-state index in [1.807, 2.05) is 18.2 Å². The van der Waals surface area contributed by atoms with Crippen molar-refractivity contribution in [1.82, 2.24) is 10.2 Å². The lowest BCUT2D eigenvalue weighted by atomic mass is 10.1. The Morgan fingerprint density at radius 3 is 3.00 bits per heavy atom. The van der Waals surface area contributed by atoms with Gasteiger partial charge in [0.25, 0.3) is 0 Å². The first-order chi connectivity index (χ1) is 9.54. The number of carbonyl (C=O) groups is 2. The number of benzene rings is 1. The standard InChI is InChI=1S/C14H13N3O3/c1-17-12-3-2-8(4-9(12)5-13(17)18)11-6-10(15-16-11)7-14(19)20/h2-4,6H,5,7H2,1H3,(H,15,16)(H,19,20). The van der Waals surface area contributed by atoms with Gasteiger partial charge in [-0.2, -0.15) is 5.10 Å². The minimum absolute atomic E-state index is 0.0748. The van der Waals surface area contributed by atoms with Crippen LogP contribution in [0, 0.1) is 0 Å². The number of nitrogens with one attached hydrogen (secondary N) is 1. The van der Waals surface area contributed by atoms with Crippen LogP contribution in [0.2, 0.25) is 0 Å². The summed E-state index contributed by atoms with van der Waals surface area (Å²) in [6.45, 7) is 0. The molecule has 0 atom stereocenters. The summed E-state index contributed by atoms with van der Waals surface area (Å²) in [4.78, 5) is 23.9. The van der Waals surface area contributed by atoms with Crippen LogP contribution in [0.3, 0.4) is 0 Å². The van der Waals surface area contributed by atoms with Crippen molar-refractivity contribution in [3.05, 3.63) is 35.5 Å². The molecule has 3 rings (SSSR count).